The second kappa shape index (κ2) is 4.28. The number of aliphatic hydroxyl groups is 1. The van der Waals surface area contributed by atoms with Crippen molar-refractivity contribution < 1.29 is 5.11 Å². The molecule has 1 aromatic rings. The molecule has 3 N–H and O–H groups in total. The number of hydrogen-bond donors (Lipinski definition) is 2. The van der Waals surface area contributed by atoms with Gasteiger partial charge >= 0.3 is 0 Å². The number of nitrogens with two attached hydrogens (primary N) is 1. The Bertz CT molecular complexity index is 423. The molecule has 1 aliphatic rings. The summed E-state index contributed by atoms with van der Waals surface area (Å²) in [7, 11) is 0. The first kappa shape index (κ1) is 11.2. The molecule has 1 saturated heterocycles. The highest BCUT2D eigenvalue weighted by Gasteiger charge is 2.29. The lowest BCUT2D eigenvalue weighted by atomic mass is 10.0. The molecule has 0 amide bonds. The van der Waals surface area contributed by atoms with Crippen molar-refractivity contribution in [2.75, 3.05) is 23.7 Å². The predicted molar refractivity (Wildman–Crippen MR) is 63.2 cm³/mol. The van der Waals surface area contributed by atoms with Crippen LogP contribution < -0.4 is 10.6 Å². The summed E-state index contributed by atoms with van der Waals surface area (Å²) < 4.78 is 3.99. The van der Waals surface area contributed by atoms with Crippen LogP contribution in [0.1, 0.15) is 18.9 Å². The third-order valence-electron chi connectivity index (χ3n) is 3.01. The van der Waals surface area contributed by atoms with Gasteiger partial charge < -0.3 is 15.7 Å². The zero-order valence-corrected chi connectivity index (χ0v) is 9.87. The number of hydrogen-bond acceptors (Lipinski definition) is 6. The van der Waals surface area contributed by atoms with E-state index in [0.717, 1.165) is 24.5 Å². The molecule has 0 bridgehead atoms. The van der Waals surface area contributed by atoms with Crippen LogP contribution in [0.5, 0.6) is 0 Å². The second-order valence-corrected chi connectivity index (χ2v) is 4.85. The molecular weight excluding hydrogens is 224 g/mol. The molecule has 2 rings (SSSR count). The molecular formula is C10H14N4OS. The van der Waals surface area contributed by atoms with E-state index in [0.29, 0.717) is 11.4 Å². The third kappa shape index (κ3) is 1.84. The van der Waals surface area contributed by atoms with Crippen molar-refractivity contribution in [3.05, 3.63) is 5.56 Å². The van der Waals surface area contributed by atoms with Gasteiger partial charge in [0.05, 0.1) is 6.10 Å². The van der Waals surface area contributed by atoms with Crippen molar-refractivity contribution >= 4 is 22.4 Å². The minimum atomic E-state index is -0.305. The third-order valence-corrected chi connectivity index (χ3v) is 3.93. The Balaban J connectivity index is 2.18. The minimum Gasteiger partial charge on any atom is -0.393 e. The molecule has 0 aromatic carbocycles. The molecule has 0 saturated carbocycles. The van der Waals surface area contributed by atoms with Crippen LogP contribution in [0.4, 0.5) is 10.8 Å². The van der Waals surface area contributed by atoms with Crippen LogP contribution in [0.3, 0.4) is 0 Å². The fraction of sp³-hybridized carbons (Fsp3) is 0.600. The van der Waals surface area contributed by atoms with Gasteiger partial charge in [-0.05, 0) is 24.9 Å². The average Bonchev–Trinajstić information content (AvgIpc) is 2.83. The van der Waals surface area contributed by atoms with Crippen LogP contribution in [0.25, 0.3) is 0 Å². The first-order valence-corrected chi connectivity index (χ1v) is 5.99. The Hall–Kier alpha value is -1.32. The van der Waals surface area contributed by atoms with Crippen molar-refractivity contribution in [1.29, 1.82) is 5.26 Å². The van der Waals surface area contributed by atoms with E-state index in [2.05, 4.69) is 15.3 Å². The molecule has 0 radical (unpaired) electrons. The first-order chi connectivity index (χ1) is 7.63. The second-order valence-electron chi connectivity index (χ2n) is 4.10. The maximum atomic E-state index is 9.52. The molecule has 2 unspecified atom stereocenters. The van der Waals surface area contributed by atoms with E-state index in [1.807, 2.05) is 0 Å². The van der Waals surface area contributed by atoms with E-state index >= 15 is 0 Å². The molecule has 6 heteroatoms. The standard InChI is InChI=1S/C10H14N4OS/c1-6(15)7-2-3-14(5-7)10-8(4-11)9(12)13-16-10/h6-7,15H,2-3,5H2,1H3,(H2,12,13). The lowest BCUT2D eigenvalue weighted by molar-refractivity contribution is 0.136. The Labute approximate surface area is 98.3 Å². The van der Waals surface area contributed by atoms with E-state index in [-0.39, 0.29) is 12.0 Å². The van der Waals surface area contributed by atoms with E-state index in [1.54, 1.807) is 6.92 Å². The minimum absolute atomic E-state index is 0.273. The summed E-state index contributed by atoms with van der Waals surface area (Å²) in [6.07, 6.45) is 0.640. The van der Waals surface area contributed by atoms with Gasteiger partial charge in [0.15, 0.2) is 5.82 Å². The normalized spacial score (nSPS) is 22.1. The van der Waals surface area contributed by atoms with Crippen molar-refractivity contribution in [1.82, 2.24) is 4.37 Å². The zero-order valence-electron chi connectivity index (χ0n) is 9.05. The van der Waals surface area contributed by atoms with Crippen molar-refractivity contribution in [3.63, 3.8) is 0 Å². The monoisotopic (exact) mass is 238 g/mol. The lowest BCUT2D eigenvalue weighted by Crippen LogP contribution is -2.23. The average molecular weight is 238 g/mol. The number of nitrogens with zero attached hydrogens (tertiary/aromatic N) is 3. The van der Waals surface area contributed by atoms with E-state index < -0.39 is 0 Å². The Morgan fingerprint density at radius 1 is 1.75 bits per heavy atom. The zero-order chi connectivity index (χ0) is 11.7. The van der Waals surface area contributed by atoms with Gasteiger partial charge in [0.2, 0.25) is 0 Å². The van der Waals surface area contributed by atoms with Gasteiger partial charge in [0.1, 0.15) is 16.6 Å². The summed E-state index contributed by atoms with van der Waals surface area (Å²) in [6, 6.07) is 2.08. The summed E-state index contributed by atoms with van der Waals surface area (Å²) in [4.78, 5) is 2.09. The summed E-state index contributed by atoms with van der Waals surface area (Å²) in [5.74, 6) is 0.581. The molecule has 1 aromatic heterocycles. The van der Waals surface area contributed by atoms with Crippen LogP contribution >= 0.6 is 11.5 Å². The number of rotatable bonds is 2. The summed E-state index contributed by atoms with van der Waals surface area (Å²) in [5.41, 5.74) is 6.08. The fourth-order valence-electron chi connectivity index (χ4n) is 1.98. The van der Waals surface area contributed by atoms with Crippen molar-refractivity contribution in [3.8, 4) is 6.07 Å². The van der Waals surface area contributed by atoms with Gasteiger partial charge in [-0.2, -0.15) is 9.64 Å². The van der Waals surface area contributed by atoms with Crippen LogP contribution in [0.15, 0.2) is 0 Å². The molecule has 16 heavy (non-hydrogen) atoms. The van der Waals surface area contributed by atoms with Crippen LogP contribution in [-0.4, -0.2) is 28.7 Å². The van der Waals surface area contributed by atoms with E-state index in [1.165, 1.54) is 11.5 Å². The molecule has 2 atom stereocenters. The molecule has 1 aliphatic heterocycles. The smallest absolute Gasteiger partial charge is 0.157 e. The summed E-state index contributed by atoms with van der Waals surface area (Å²) in [5, 5.41) is 19.3. The molecule has 0 aliphatic carbocycles. The van der Waals surface area contributed by atoms with Crippen LogP contribution in [0.2, 0.25) is 0 Å². The molecule has 1 fully saturated rings. The van der Waals surface area contributed by atoms with Crippen LogP contribution in [-0.2, 0) is 0 Å². The highest BCUT2D eigenvalue weighted by Crippen LogP contribution is 2.34. The Kier molecular flexibility index (Phi) is 2.99. The highest BCUT2D eigenvalue weighted by atomic mass is 32.1. The van der Waals surface area contributed by atoms with Crippen LogP contribution in [0, 0.1) is 17.2 Å². The number of nitrogen functional groups attached to an aromatic ring is 1. The quantitative estimate of drug-likeness (QED) is 0.796. The fourth-order valence-corrected chi connectivity index (χ4v) is 2.78. The van der Waals surface area contributed by atoms with E-state index in [4.69, 9.17) is 11.0 Å². The Morgan fingerprint density at radius 2 is 2.50 bits per heavy atom. The first-order valence-electron chi connectivity index (χ1n) is 5.21. The molecule has 2 heterocycles. The van der Waals surface area contributed by atoms with Crippen molar-refractivity contribution in [2.45, 2.75) is 19.4 Å². The van der Waals surface area contributed by atoms with Gasteiger partial charge in [-0.3, -0.25) is 0 Å². The highest BCUT2D eigenvalue weighted by molar-refractivity contribution is 7.10. The number of anilines is 2. The van der Waals surface area contributed by atoms with Crippen molar-refractivity contribution in [2.24, 2.45) is 5.92 Å². The number of aliphatic hydroxyl groups excluding tert-OH is 1. The van der Waals surface area contributed by atoms with Gasteiger partial charge in [-0.1, -0.05) is 0 Å². The molecule has 86 valence electrons. The van der Waals surface area contributed by atoms with Gasteiger partial charge in [0.25, 0.3) is 0 Å². The summed E-state index contributed by atoms with van der Waals surface area (Å²) in [6.45, 7) is 3.43. The molecule has 0 spiro atoms. The largest absolute Gasteiger partial charge is 0.393 e. The van der Waals surface area contributed by atoms with E-state index in [9.17, 15) is 5.11 Å². The maximum Gasteiger partial charge on any atom is 0.157 e. The Morgan fingerprint density at radius 3 is 3.06 bits per heavy atom. The topological polar surface area (TPSA) is 86.2 Å². The van der Waals surface area contributed by atoms with Gasteiger partial charge in [-0.15, -0.1) is 0 Å². The maximum absolute atomic E-state index is 9.52. The van der Waals surface area contributed by atoms with Gasteiger partial charge in [-0.25, -0.2) is 0 Å². The SMILES string of the molecule is CC(O)C1CCN(c2snc(N)c2C#N)C1. The molecule has 5 nitrogen and oxygen atoms in total. The number of nitriles is 1. The lowest BCUT2D eigenvalue weighted by Gasteiger charge is -2.17. The predicted octanol–water partition coefficient (Wildman–Crippen LogP) is 0.804. The summed E-state index contributed by atoms with van der Waals surface area (Å²) >= 11 is 1.26. The van der Waals surface area contributed by atoms with Gasteiger partial charge in [0, 0.05) is 19.0 Å². The number of aromatic nitrogens is 1.